The number of hydrogen-bond donors (Lipinski definition) is 2. The molecule has 2 N–H and O–H groups in total. The van der Waals surface area contributed by atoms with Gasteiger partial charge in [0.1, 0.15) is 5.82 Å². The Balaban J connectivity index is 2.37. The highest BCUT2D eigenvalue weighted by Gasteiger charge is 2.10. The van der Waals surface area contributed by atoms with Gasteiger partial charge < -0.3 is 10.1 Å². The van der Waals surface area contributed by atoms with Crippen LogP contribution in [0.2, 0.25) is 5.02 Å². The maximum absolute atomic E-state index is 11.4. The molecule has 19 heavy (non-hydrogen) atoms. The SMILES string of the molecule is O=c1cc(O)nc(-c2ccc(Cl)c3cccnc23)[nH]1. The molecule has 6 heteroatoms. The Morgan fingerprint density at radius 1 is 1.26 bits per heavy atom. The van der Waals surface area contributed by atoms with E-state index in [0.717, 1.165) is 11.5 Å². The molecule has 0 fully saturated rings. The molecule has 0 aliphatic carbocycles. The van der Waals surface area contributed by atoms with Crippen molar-refractivity contribution >= 4 is 22.5 Å². The molecule has 2 heterocycles. The molecule has 0 aliphatic heterocycles. The number of nitrogens with zero attached hydrogens (tertiary/aromatic N) is 2. The molecule has 0 radical (unpaired) electrons. The molecular formula is C13H8ClN3O2. The zero-order valence-electron chi connectivity index (χ0n) is 9.59. The van der Waals surface area contributed by atoms with Crippen LogP contribution in [-0.4, -0.2) is 20.1 Å². The lowest BCUT2D eigenvalue weighted by atomic mass is 10.1. The molecule has 0 aliphatic rings. The third-order valence-electron chi connectivity index (χ3n) is 2.70. The highest BCUT2D eigenvalue weighted by atomic mass is 35.5. The predicted octanol–water partition coefficient (Wildman–Crippen LogP) is 2.34. The van der Waals surface area contributed by atoms with E-state index < -0.39 is 5.56 Å². The van der Waals surface area contributed by atoms with Gasteiger partial charge in [0.2, 0.25) is 5.88 Å². The van der Waals surface area contributed by atoms with E-state index in [1.54, 1.807) is 24.4 Å². The molecule has 0 saturated carbocycles. The second kappa shape index (κ2) is 4.37. The Morgan fingerprint density at radius 2 is 2.11 bits per heavy atom. The highest BCUT2D eigenvalue weighted by molar-refractivity contribution is 6.35. The number of fused-ring (bicyclic) bond motifs is 1. The third kappa shape index (κ3) is 2.04. The molecule has 0 spiro atoms. The van der Waals surface area contributed by atoms with E-state index in [-0.39, 0.29) is 11.7 Å². The summed E-state index contributed by atoms with van der Waals surface area (Å²) in [5.74, 6) is -0.0804. The average molecular weight is 274 g/mol. The lowest BCUT2D eigenvalue weighted by molar-refractivity contribution is 0.452. The van der Waals surface area contributed by atoms with Gasteiger partial charge in [-0.3, -0.25) is 9.78 Å². The fourth-order valence-electron chi connectivity index (χ4n) is 1.90. The Labute approximate surface area is 112 Å². The monoisotopic (exact) mass is 273 g/mol. The quantitative estimate of drug-likeness (QED) is 0.713. The van der Waals surface area contributed by atoms with Crippen molar-refractivity contribution in [3.63, 3.8) is 0 Å². The predicted molar refractivity (Wildman–Crippen MR) is 72.3 cm³/mol. The third-order valence-corrected chi connectivity index (χ3v) is 3.03. The fourth-order valence-corrected chi connectivity index (χ4v) is 2.12. The molecule has 0 amide bonds. The Kier molecular flexibility index (Phi) is 2.68. The van der Waals surface area contributed by atoms with E-state index in [0.29, 0.717) is 16.1 Å². The molecule has 0 bridgehead atoms. The van der Waals surface area contributed by atoms with Crippen LogP contribution in [0.15, 0.2) is 41.3 Å². The van der Waals surface area contributed by atoms with Crippen LogP contribution in [0.4, 0.5) is 0 Å². The van der Waals surface area contributed by atoms with E-state index in [2.05, 4.69) is 15.0 Å². The molecule has 0 atom stereocenters. The number of aromatic amines is 1. The van der Waals surface area contributed by atoms with E-state index in [4.69, 9.17) is 11.6 Å². The summed E-state index contributed by atoms with van der Waals surface area (Å²) in [4.78, 5) is 22.1. The summed E-state index contributed by atoms with van der Waals surface area (Å²) in [6.07, 6.45) is 1.63. The Hall–Kier alpha value is -2.40. The summed E-state index contributed by atoms with van der Waals surface area (Å²) >= 11 is 6.10. The lowest BCUT2D eigenvalue weighted by Crippen LogP contribution is -2.07. The molecule has 94 valence electrons. The number of aromatic nitrogens is 3. The molecule has 0 unspecified atom stereocenters. The van der Waals surface area contributed by atoms with Crippen LogP contribution in [0.5, 0.6) is 5.88 Å². The normalized spacial score (nSPS) is 10.8. The van der Waals surface area contributed by atoms with E-state index in [1.165, 1.54) is 0 Å². The first-order valence-corrected chi connectivity index (χ1v) is 5.87. The number of pyridine rings is 1. The van der Waals surface area contributed by atoms with Crippen molar-refractivity contribution in [3.05, 3.63) is 51.9 Å². The molecule has 5 nitrogen and oxygen atoms in total. The van der Waals surface area contributed by atoms with Crippen LogP contribution in [-0.2, 0) is 0 Å². The van der Waals surface area contributed by atoms with Crippen molar-refractivity contribution in [3.8, 4) is 17.3 Å². The van der Waals surface area contributed by atoms with Gasteiger partial charge in [-0.05, 0) is 24.3 Å². The summed E-state index contributed by atoms with van der Waals surface area (Å²) in [7, 11) is 0. The van der Waals surface area contributed by atoms with Gasteiger partial charge in [-0.1, -0.05) is 11.6 Å². The first-order chi connectivity index (χ1) is 9.15. The second-order valence-corrected chi connectivity index (χ2v) is 4.35. The number of hydrogen-bond acceptors (Lipinski definition) is 4. The van der Waals surface area contributed by atoms with Gasteiger partial charge in [0.05, 0.1) is 16.6 Å². The van der Waals surface area contributed by atoms with Gasteiger partial charge in [0, 0.05) is 17.1 Å². The zero-order valence-corrected chi connectivity index (χ0v) is 10.3. The molecule has 3 rings (SSSR count). The number of aromatic hydroxyl groups is 1. The van der Waals surface area contributed by atoms with Crippen LogP contribution in [0.3, 0.4) is 0 Å². The van der Waals surface area contributed by atoms with Crippen molar-refractivity contribution in [1.82, 2.24) is 15.0 Å². The topological polar surface area (TPSA) is 78.9 Å². The van der Waals surface area contributed by atoms with Crippen molar-refractivity contribution in [1.29, 1.82) is 0 Å². The van der Waals surface area contributed by atoms with Crippen molar-refractivity contribution < 1.29 is 5.11 Å². The highest BCUT2D eigenvalue weighted by Crippen LogP contribution is 2.29. The lowest BCUT2D eigenvalue weighted by Gasteiger charge is -2.06. The maximum atomic E-state index is 11.4. The molecular weight excluding hydrogens is 266 g/mol. The van der Waals surface area contributed by atoms with Crippen molar-refractivity contribution in [2.24, 2.45) is 0 Å². The Bertz CT molecular complexity index is 829. The van der Waals surface area contributed by atoms with Crippen LogP contribution in [0, 0.1) is 0 Å². The van der Waals surface area contributed by atoms with Crippen molar-refractivity contribution in [2.75, 3.05) is 0 Å². The van der Waals surface area contributed by atoms with Gasteiger partial charge in [-0.25, -0.2) is 0 Å². The fraction of sp³-hybridized carbons (Fsp3) is 0. The summed E-state index contributed by atoms with van der Waals surface area (Å²) in [6, 6.07) is 8.01. The van der Waals surface area contributed by atoms with Gasteiger partial charge in [-0.2, -0.15) is 4.98 Å². The molecule has 0 saturated heterocycles. The number of rotatable bonds is 1. The first kappa shape index (κ1) is 11.7. The van der Waals surface area contributed by atoms with Crippen molar-refractivity contribution in [2.45, 2.75) is 0 Å². The van der Waals surface area contributed by atoms with Crippen LogP contribution in [0.1, 0.15) is 0 Å². The smallest absolute Gasteiger partial charge is 0.254 e. The zero-order chi connectivity index (χ0) is 13.4. The van der Waals surface area contributed by atoms with Gasteiger partial charge in [0.25, 0.3) is 5.56 Å². The van der Waals surface area contributed by atoms with Crippen LogP contribution < -0.4 is 5.56 Å². The molecule has 1 aromatic carbocycles. The first-order valence-electron chi connectivity index (χ1n) is 5.49. The minimum atomic E-state index is -0.429. The number of H-pyrrole nitrogens is 1. The summed E-state index contributed by atoms with van der Waals surface area (Å²) < 4.78 is 0. The minimum Gasteiger partial charge on any atom is -0.493 e. The molecule has 2 aromatic heterocycles. The second-order valence-electron chi connectivity index (χ2n) is 3.95. The van der Waals surface area contributed by atoms with Crippen LogP contribution >= 0.6 is 11.6 Å². The van der Waals surface area contributed by atoms with Gasteiger partial charge in [0.15, 0.2) is 0 Å². The summed E-state index contributed by atoms with van der Waals surface area (Å²) in [5.41, 5.74) is 0.790. The van der Waals surface area contributed by atoms with Crippen LogP contribution in [0.25, 0.3) is 22.3 Å². The minimum absolute atomic E-state index is 0.255. The summed E-state index contributed by atoms with van der Waals surface area (Å²) in [6.45, 7) is 0. The van der Waals surface area contributed by atoms with E-state index >= 15 is 0 Å². The average Bonchev–Trinajstić information content (AvgIpc) is 2.38. The van der Waals surface area contributed by atoms with Gasteiger partial charge >= 0.3 is 0 Å². The number of nitrogens with one attached hydrogen (secondary N) is 1. The molecule has 3 aromatic rings. The van der Waals surface area contributed by atoms with Gasteiger partial charge in [-0.15, -0.1) is 0 Å². The maximum Gasteiger partial charge on any atom is 0.254 e. The number of halogens is 1. The number of benzene rings is 1. The Morgan fingerprint density at radius 3 is 2.89 bits per heavy atom. The largest absolute Gasteiger partial charge is 0.493 e. The standard InChI is InChI=1S/C13H8ClN3O2/c14-9-4-3-8(12-7(9)2-1-5-15-12)13-16-10(18)6-11(19)17-13/h1-6H,(H2,16,17,18,19). The van der Waals surface area contributed by atoms with E-state index in [9.17, 15) is 9.90 Å². The van der Waals surface area contributed by atoms with E-state index in [1.807, 2.05) is 6.07 Å². The summed E-state index contributed by atoms with van der Waals surface area (Å²) in [5, 5.41) is 10.7.